The van der Waals surface area contributed by atoms with Crippen LogP contribution >= 0.6 is 34.5 Å². The van der Waals surface area contributed by atoms with Crippen LogP contribution in [0.1, 0.15) is 10.4 Å². The monoisotopic (exact) mass is 260 g/mol. The van der Waals surface area contributed by atoms with Gasteiger partial charge in [-0.2, -0.15) is 5.10 Å². The lowest BCUT2D eigenvalue weighted by molar-refractivity contribution is 0.112. The summed E-state index contributed by atoms with van der Waals surface area (Å²) < 4.78 is 2.69. The molecule has 0 amide bonds. The molecule has 0 N–H and O–H groups in total. The van der Waals surface area contributed by atoms with Crippen molar-refractivity contribution in [2.75, 3.05) is 0 Å². The molecule has 0 radical (unpaired) electrons. The number of carbonyl (C=O) groups is 1. The molecule has 0 spiro atoms. The number of halogens is 2. The molecule has 0 atom stereocenters. The van der Waals surface area contributed by atoms with Gasteiger partial charge in [0.1, 0.15) is 10.0 Å². The highest BCUT2D eigenvalue weighted by molar-refractivity contribution is 7.20. The first-order valence-electron chi connectivity index (χ1n) is 4.06. The van der Waals surface area contributed by atoms with Crippen LogP contribution < -0.4 is 0 Å². The Morgan fingerprint density at radius 2 is 2.27 bits per heavy atom. The van der Waals surface area contributed by atoms with E-state index >= 15 is 0 Å². The van der Waals surface area contributed by atoms with Crippen molar-refractivity contribution >= 4 is 40.8 Å². The van der Waals surface area contributed by atoms with Gasteiger partial charge >= 0.3 is 0 Å². The van der Waals surface area contributed by atoms with Crippen LogP contribution in [-0.2, 0) is 7.05 Å². The van der Waals surface area contributed by atoms with Crippen LogP contribution in [0.4, 0.5) is 0 Å². The molecule has 0 saturated heterocycles. The van der Waals surface area contributed by atoms with Crippen molar-refractivity contribution in [2.24, 2.45) is 7.05 Å². The molecule has 0 saturated carbocycles. The van der Waals surface area contributed by atoms with Crippen molar-refractivity contribution in [3.05, 3.63) is 26.5 Å². The fraction of sp³-hybridized carbons (Fsp3) is 0.111. The molecule has 0 aromatic carbocycles. The zero-order valence-electron chi connectivity index (χ0n) is 7.70. The maximum Gasteiger partial charge on any atom is 0.153 e. The number of aryl methyl sites for hydroxylation is 1. The molecule has 2 heterocycles. The van der Waals surface area contributed by atoms with E-state index in [9.17, 15) is 4.79 Å². The van der Waals surface area contributed by atoms with Gasteiger partial charge in [0.2, 0.25) is 0 Å². The lowest BCUT2D eigenvalue weighted by Crippen LogP contribution is -1.87. The minimum atomic E-state index is 0.508. The Morgan fingerprint density at radius 3 is 2.80 bits per heavy atom. The van der Waals surface area contributed by atoms with Crippen LogP contribution in [0.15, 0.2) is 12.3 Å². The fourth-order valence-corrected chi connectivity index (χ4v) is 2.77. The molecular formula is C9H6Cl2N2OS. The van der Waals surface area contributed by atoms with E-state index in [1.807, 2.05) is 0 Å². The summed E-state index contributed by atoms with van der Waals surface area (Å²) in [5, 5.41) is 4.17. The van der Waals surface area contributed by atoms with Crippen LogP contribution in [0.3, 0.4) is 0 Å². The summed E-state index contributed by atoms with van der Waals surface area (Å²) in [5.74, 6) is 0. The van der Waals surface area contributed by atoms with Gasteiger partial charge in [0.25, 0.3) is 0 Å². The summed E-state index contributed by atoms with van der Waals surface area (Å²) in [5.41, 5.74) is 1.78. The molecule has 0 aliphatic heterocycles. The van der Waals surface area contributed by atoms with Crippen LogP contribution in [0.2, 0.25) is 8.67 Å². The van der Waals surface area contributed by atoms with Gasteiger partial charge in [0.05, 0.1) is 9.90 Å². The Balaban J connectivity index is 2.62. The summed E-state index contributed by atoms with van der Waals surface area (Å²) in [4.78, 5) is 10.8. The normalized spacial score (nSPS) is 10.6. The Bertz CT molecular complexity index is 518. The second kappa shape index (κ2) is 3.96. The predicted molar refractivity (Wildman–Crippen MR) is 61.9 cm³/mol. The lowest BCUT2D eigenvalue weighted by Gasteiger charge is -1.93. The number of aldehydes is 1. The minimum absolute atomic E-state index is 0.508. The van der Waals surface area contributed by atoms with Gasteiger partial charge in [0.15, 0.2) is 6.29 Å². The van der Waals surface area contributed by atoms with Crippen molar-refractivity contribution in [3.8, 4) is 11.3 Å². The Morgan fingerprint density at radius 1 is 1.53 bits per heavy atom. The van der Waals surface area contributed by atoms with E-state index in [-0.39, 0.29) is 0 Å². The summed E-state index contributed by atoms with van der Waals surface area (Å²) in [7, 11) is 1.75. The highest BCUT2D eigenvalue weighted by Gasteiger charge is 2.15. The highest BCUT2D eigenvalue weighted by atomic mass is 35.5. The minimum Gasteiger partial charge on any atom is -0.298 e. The van der Waals surface area contributed by atoms with Gasteiger partial charge < -0.3 is 0 Å². The molecule has 0 aliphatic carbocycles. The van der Waals surface area contributed by atoms with Gasteiger partial charge in [-0.05, 0) is 6.07 Å². The number of hydrogen-bond acceptors (Lipinski definition) is 3. The predicted octanol–water partition coefficient (Wildman–Crippen LogP) is 3.27. The average Bonchev–Trinajstić information content (AvgIpc) is 2.69. The van der Waals surface area contributed by atoms with E-state index in [0.717, 1.165) is 6.29 Å². The van der Waals surface area contributed by atoms with E-state index in [0.29, 0.717) is 25.5 Å². The molecule has 0 aliphatic rings. The van der Waals surface area contributed by atoms with E-state index in [1.54, 1.807) is 24.0 Å². The lowest BCUT2D eigenvalue weighted by atomic mass is 10.2. The first kappa shape index (κ1) is 10.7. The third-order valence-corrected chi connectivity index (χ3v) is 3.38. The summed E-state index contributed by atoms with van der Waals surface area (Å²) in [6, 6.07) is 1.71. The number of aromatic nitrogens is 2. The smallest absolute Gasteiger partial charge is 0.153 e. The van der Waals surface area contributed by atoms with E-state index in [1.165, 1.54) is 11.3 Å². The van der Waals surface area contributed by atoms with E-state index < -0.39 is 0 Å². The van der Waals surface area contributed by atoms with Gasteiger partial charge in [0, 0.05) is 18.8 Å². The van der Waals surface area contributed by atoms with Gasteiger partial charge in [-0.15, -0.1) is 11.3 Å². The van der Waals surface area contributed by atoms with Gasteiger partial charge in [-0.1, -0.05) is 23.2 Å². The van der Waals surface area contributed by atoms with E-state index in [2.05, 4.69) is 5.10 Å². The third kappa shape index (κ3) is 1.93. The van der Waals surface area contributed by atoms with Crippen molar-refractivity contribution in [2.45, 2.75) is 0 Å². The molecule has 6 heteroatoms. The maximum absolute atomic E-state index is 10.8. The van der Waals surface area contributed by atoms with Crippen LogP contribution in [0.25, 0.3) is 11.3 Å². The number of hydrogen-bond donors (Lipinski definition) is 0. The number of rotatable bonds is 2. The standard InChI is InChI=1S/C9H6Cl2N2OS/c1-13-3-5(4-14)8(12-13)6-2-7(10)15-9(6)11/h2-4H,1H3. The van der Waals surface area contributed by atoms with Gasteiger partial charge in [-0.25, -0.2) is 0 Å². The van der Waals surface area contributed by atoms with Crippen LogP contribution in [0, 0.1) is 0 Å². The summed E-state index contributed by atoms with van der Waals surface area (Å²) >= 11 is 13.1. The van der Waals surface area contributed by atoms with Crippen LogP contribution in [-0.4, -0.2) is 16.1 Å². The quantitative estimate of drug-likeness (QED) is 0.777. The number of carbonyl (C=O) groups excluding carboxylic acids is 1. The first-order chi connectivity index (χ1) is 7.11. The van der Waals surface area contributed by atoms with Crippen molar-refractivity contribution < 1.29 is 4.79 Å². The maximum atomic E-state index is 10.8. The van der Waals surface area contributed by atoms with Crippen molar-refractivity contribution in [1.29, 1.82) is 0 Å². The average molecular weight is 261 g/mol. The topological polar surface area (TPSA) is 34.9 Å². The largest absolute Gasteiger partial charge is 0.298 e. The summed E-state index contributed by atoms with van der Waals surface area (Å²) in [6.07, 6.45) is 2.40. The molecule has 78 valence electrons. The van der Waals surface area contributed by atoms with Gasteiger partial charge in [-0.3, -0.25) is 9.48 Å². The highest BCUT2D eigenvalue weighted by Crippen LogP contribution is 2.38. The molecule has 2 rings (SSSR count). The molecule has 0 unspecified atom stereocenters. The molecule has 0 fully saturated rings. The van der Waals surface area contributed by atoms with Crippen molar-refractivity contribution in [1.82, 2.24) is 9.78 Å². The fourth-order valence-electron chi connectivity index (χ4n) is 1.30. The molecular weight excluding hydrogens is 255 g/mol. The molecule has 2 aromatic heterocycles. The third-order valence-electron chi connectivity index (χ3n) is 1.90. The second-order valence-electron chi connectivity index (χ2n) is 2.96. The van der Waals surface area contributed by atoms with Crippen LogP contribution in [0.5, 0.6) is 0 Å². The second-order valence-corrected chi connectivity index (χ2v) is 5.25. The Labute approximate surface area is 100 Å². The first-order valence-corrected chi connectivity index (χ1v) is 5.63. The van der Waals surface area contributed by atoms with Crippen molar-refractivity contribution in [3.63, 3.8) is 0 Å². The molecule has 15 heavy (non-hydrogen) atoms. The Kier molecular flexibility index (Phi) is 2.82. The summed E-state index contributed by atoms with van der Waals surface area (Å²) in [6.45, 7) is 0. The SMILES string of the molecule is Cn1cc(C=O)c(-c2cc(Cl)sc2Cl)n1. The zero-order valence-corrected chi connectivity index (χ0v) is 10.0. The number of thiophene rings is 1. The zero-order chi connectivity index (χ0) is 11.0. The number of nitrogens with zero attached hydrogens (tertiary/aromatic N) is 2. The molecule has 2 aromatic rings. The van der Waals surface area contributed by atoms with E-state index in [4.69, 9.17) is 23.2 Å². The molecule has 0 bridgehead atoms. The Hall–Kier alpha value is -0.840. The molecule has 3 nitrogen and oxygen atoms in total.